The second-order valence-corrected chi connectivity index (χ2v) is 7.02. The topological polar surface area (TPSA) is 25.2 Å². The normalized spacial score (nSPS) is 17.3. The molecule has 1 fully saturated rings. The molecule has 0 spiro atoms. The molecule has 4 rings (SSSR count). The minimum atomic E-state index is 0.234. The summed E-state index contributed by atoms with van der Waals surface area (Å²) in [5.74, 6) is 0.234. The summed E-state index contributed by atoms with van der Waals surface area (Å²) in [6, 6.07) is 14.7. The number of carbonyl (C=O) groups excluding carboxylic acids is 1. The summed E-state index contributed by atoms with van der Waals surface area (Å²) in [7, 11) is 0. The minimum absolute atomic E-state index is 0.234. The van der Waals surface area contributed by atoms with Gasteiger partial charge in [0.2, 0.25) is 5.91 Å². The van der Waals surface area contributed by atoms with Gasteiger partial charge in [0.1, 0.15) is 0 Å². The molecule has 1 amide bonds. The van der Waals surface area contributed by atoms with Crippen molar-refractivity contribution < 1.29 is 4.79 Å². The molecule has 3 aromatic rings. The van der Waals surface area contributed by atoms with Gasteiger partial charge in [-0.1, -0.05) is 12.1 Å². The van der Waals surface area contributed by atoms with E-state index in [2.05, 4.69) is 50.6 Å². The Morgan fingerprint density at radius 1 is 1.12 bits per heavy atom. The minimum Gasteiger partial charge on any atom is -0.335 e. The van der Waals surface area contributed by atoms with Crippen molar-refractivity contribution in [2.75, 3.05) is 6.54 Å². The lowest BCUT2D eigenvalue weighted by Gasteiger charge is -2.24. The van der Waals surface area contributed by atoms with Crippen LogP contribution in [0.5, 0.6) is 0 Å². The summed E-state index contributed by atoms with van der Waals surface area (Å²) in [5, 5.41) is 4.26. The predicted octanol–water partition coefficient (Wildman–Crippen LogP) is 4.45. The zero-order valence-electron chi connectivity index (χ0n) is 13.5. The predicted molar refractivity (Wildman–Crippen MR) is 97.5 cm³/mol. The smallest absolute Gasteiger partial charge is 0.227 e. The SMILES string of the molecule is O=C(Cc1ccc(-n2cccc2)cc1)N1CCC[C@H]1c1ccsc1. The highest BCUT2D eigenvalue weighted by Crippen LogP contribution is 2.33. The molecule has 0 radical (unpaired) electrons. The molecule has 4 heteroatoms. The molecule has 0 N–H and O–H groups in total. The summed E-state index contributed by atoms with van der Waals surface area (Å²) < 4.78 is 2.07. The second-order valence-electron chi connectivity index (χ2n) is 6.24. The number of benzene rings is 1. The van der Waals surface area contributed by atoms with Gasteiger partial charge in [0, 0.05) is 24.6 Å². The standard InChI is InChI=1S/C20H20N2OS/c23-20(22-12-3-4-19(22)17-9-13-24-15-17)14-16-5-7-18(8-6-16)21-10-1-2-11-21/h1-2,5-11,13,15,19H,3-4,12,14H2/t19-/m0/s1. The highest BCUT2D eigenvalue weighted by molar-refractivity contribution is 7.07. The Kier molecular flexibility index (Phi) is 4.22. The molecule has 1 aliphatic rings. The molecular weight excluding hydrogens is 316 g/mol. The molecule has 2 aromatic heterocycles. The van der Waals surface area contributed by atoms with Gasteiger partial charge >= 0.3 is 0 Å². The number of amides is 1. The number of hydrogen-bond donors (Lipinski definition) is 0. The van der Waals surface area contributed by atoms with Crippen LogP contribution in [0.1, 0.15) is 30.0 Å². The zero-order valence-corrected chi connectivity index (χ0v) is 14.3. The highest BCUT2D eigenvalue weighted by Gasteiger charge is 2.29. The molecule has 0 aliphatic carbocycles. The molecule has 0 unspecified atom stereocenters. The van der Waals surface area contributed by atoms with E-state index in [0.717, 1.165) is 30.6 Å². The monoisotopic (exact) mass is 336 g/mol. The third-order valence-electron chi connectivity index (χ3n) is 4.70. The van der Waals surface area contributed by atoms with Crippen LogP contribution in [0.15, 0.2) is 65.6 Å². The van der Waals surface area contributed by atoms with Crippen LogP contribution in [0.2, 0.25) is 0 Å². The first-order chi connectivity index (χ1) is 11.8. The van der Waals surface area contributed by atoms with E-state index in [9.17, 15) is 4.79 Å². The molecule has 1 aliphatic heterocycles. The van der Waals surface area contributed by atoms with E-state index in [1.807, 2.05) is 24.5 Å². The summed E-state index contributed by atoms with van der Waals surface area (Å²) in [6.45, 7) is 0.876. The Hall–Kier alpha value is -2.33. The molecule has 24 heavy (non-hydrogen) atoms. The van der Waals surface area contributed by atoms with Gasteiger partial charge in [-0.2, -0.15) is 11.3 Å². The summed E-state index contributed by atoms with van der Waals surface area (Å²) in [4.78, 5) is 14.8. The van der Waals surface area contributed by atoms with Crippen molar-refractivity contribution in [2.45, 2.75) is 25.3 Å². The van der Waals surface area contributed by atoms with E-state index in [4.69, 9.17) is 0 Å². The Balaban J connectivity index is 1.46. The largest absolute Gasteiger partial charge is 0.335 e. The van der Waals surface area contributed by atoms with Crippen molar-refractivity contribution in [1.82, 2.24) is 9.47 Å². The summed E-state index contributed by atoms with van der Waals surface area (Å²) in [6.07, 6.45) is 6.70. The van der Waals surface area contributed by atoms with Crippen LogP contribution in [-0.2, 0) is 11.2 Å². The number of rotatable bonds is 4. The highest BCUT2D eigenvalue weighted by atomic mass is 32.1. The fourth-order valence-electron chi connectivity index (χ4n) is 3.45. The van der Waals surface area contributed by atoms with Gasteiger partial charge in [0.05, 0.1) is 12.5 Å². The maximum Gasteiger partial charge on any atom is 0.227 e. The van der Waals surface area contributed by atoms with Gasteiger partial charge < -0.3 is 9.47 Å². The van der Waals surface area contributed by atoms with Crippen LogP contribution in [0.4, 0.5) is 0 Å². The average molecular weight is 336 g/mol. The van der Waals surface area contributed by atoms with Crippen LogP contribution in [0.3, 0.4) is 0 Å². The molecule has 0 saturated carbocycles. The number of carbonyl (C=O) groups is 1. The molecule has 0 bridgehead atoms. The number of hydrogen-bond acceptors (Lipinski definition) is 2. The van der Waals surface area contributed by atoms with Crippen molar-refractivity contribution in [3.63, 3.8) is 0 Å². The lowest BCUT2D eigenvalue weighted by Crippen LogP contribution is -2.31. The Morgan fingerprint density at radius 3 is 2.62 bits per heavy atom. The van der Waals surface area contributed by atoms with E-state index in [0.29, 0.717) is 6.42 Å². The molecule has 3 nitrogen and oxygen atoms in total. The number of aromatic nitrogens is 1. The lowest BCUT2D eigenvalue weighted by molar-refractivity contribution is -0.131. The van der Waals surface area contributed by atoms with Crippen molar-refractivity contribution in [3.05, 3.63) is 76.7 Å². The quantitative estimate of drug-likeness (QED) is 0.691. The molecular formula is C20H20N2OS. The maximum absolute atomic E-state index is 12.8. The first-order valence-electron chi connectivity index (χ1n) is 8.35. The van der Waals surface area contributed by atoms with Crippen molar-refractivity contribution in [3.8, 4) is 5.69 Å². The van der Waals surface area contributed by atoms with Gasteiger partial charge in [0.15, 0.2) is 0 Å². The van der Waals surface area contributed by atoms with E-state index >= 15 is 0 Å². The Morgan fingerprint density at radius 2 is 1.92 bits per heavy atom. The molecule has 1 atom stereocenters. The van der Waals surface area contributed by atoms with Crippen LogP contribution in [0, 0.1) is 0 Å². The lowest BCUT2D eigenvalue weighted by atomic mass is 10.1. The van der Waals surface area contributed by atoms with Gasteiger partial charge in [0.25, 0.3) is 0 Å². The van der Waals surface area contributed by atoms with Gasteiger partial charge in [-0.05, 0) is 65.1 Å². The Bertz CT molecular complexity index is 791. The fraction of sp³-hybridized carbons (Fsp3) is 0.250. The first kappa shape index (κ1) is 15.2. The summed E-state index contributed by atoms with van der Waals surface area (Å²) in [5.41, 5.74) is 3.48. The molecule has 1 aromatic carbocycles. The van der Waals surface area contributed by atoms with Gasteiger partial charge in [-0.3, -0.25) is 4.79 Å². The van der Waals surface area contributed by atoms with E-state index in [1.54, 1.807) is 11.3 Å². The van der Waals surface area contributed by atoms with Gasteiger partial charge in [-0.25, -0.2) is 0 Å². The van der Waals surface area contributed by atoms with Crippen molar-refractivity contribution in [1.29, 1.82) is 0 Å². The number of likely N-dealkylation sites (tertiary alicyclic amines) is 1. The van der Waals surface area contributed by atoms with E-state index in [1.165, 1.54) is 5.56 Å². The van der Waals surface area contributed by atoms with Crippen LogP contribution in [0.25, 0.3) is 5.69 Å². The Labute approximate surface area is 146 Å². The third-order valence-corrected chi connectivity index (χ3v) is 5.40. The number of thiophene rings is 1. The molecule has 122 valence electrons. The second kappa shape index (κ2) is 6.65. The average Bonchev–Trinajstić information content (AvgIpc) is 3.35. The fourth-order valence-corrected chi connectivity index (χ4v) is 4.15. The number of nitrogens with zero attached hydrogens (tertiary/aromatic N) is 2. The molecule has 3 heterocycles. The van der Waals surface area contributed by atoms with Crippen molar-refractivity contribution >= 4 is 17.2 Å². The van der Waals surface area contributed by atoms with Crippen LogP contribution >= 0.6 is 11.3 Å². The van der Waals surface area contributed by atoms with E-state index < -0.39 is 0 Å². The third kappa shape index (κ3) is 3.02. The van der Waals surface area contributed by atoms with E-state index in [-0.39, 0.29) is 11.9 Å². The zero-order chi connectivity index (χ0) is 16.4. The molecule has 1 saturated heterocycles. The van der Waals surface area contributed by atoms with Crippen LogP contribution < -0.4 is 0 Å². The summed E-state index contributed by atoms with van der Waals surface area (Å²) >= 11 is 1.70. The van der Waals surface area contributed by atoms with Crippen molar-refractivity contribution in [2.24, 2.45) is 0 Å². The van der Waals surface area contributed by atoms with Crippen LogP contribution in [-0.4, -0.2) is 21.9 Å². The first-order valence-corrected chi connectivity index (χ1v) is 9.29. The van der Waals surface area contributed by atoms with Gasteiger partial charge in [-0.15, -0.1) is 0 Å². The maximum atomic E-state index is 12.8.